The molecule has 0 aliphatic carbocycles. The standard InChI is InChI=1S/C19H13ClF2N4O2S/c20-14-5-3-13(4-6-14)11-26(15-7-8-16(21)17(22)10-15)29(27,28)18-2-1-9-25-12-23-24-19(18)25/h1-10,12H,11H2. The Hall–Kier alpha value is -3.04. The number of anilines is 1. The number of sulfonamides is 1. The van der Waals surface area contributed by atoms with Gasteiger partial charge in [0.1, 0.15) is 11.2 Å². The van der Waals surface area contributed by atoms with E-state index in [4.69, 9.17) is 11.6 Å². The summed E-state index contributed by atoms with van der Waals surface area (Å²) in [5, 5.41) is 8.09. The average Bonchev–Trinajstić information content (AvgIpc) is 3.18. The number of rotatable bonds is 5. The van der Waals surface area contributed by atoms with Crippen LogP contribution in [-0.4, -0.2) is 23.0 Å². The van der Waals surface area contributed by atoms with Crippen LogP contribution in [-0.2, 0) is 16.6 Å². The minimum atomic E-state index is -4.20. The van der Waals surface area contributed by atoms with Gasteiger partial charge >= 0.3 is 0 Å². The molecule has 2 aromatic carbocycles. The zero-order chi connectivity index (χ0) is 20.6. The van der Waals surface area contributed by atoms with Gasteiger partial charge in [0.2, 0.25) is 0 Å². The van der Waals surface area contributed by atoms with Crippen molar-refractivity contribution in [3.8, 4) is 0 Å². The first-order valence-corrected chi connectivity index (χ1v) is 10.2. The zero-order valence-electron chi connectivity index (χ0n) is 14.7. The maximum absolute atomic E-state index is 13.9. The summed E-state index contributed by atoms with van der Waals surface area (Å²) in [6, 6.07) is 12.4. The molecule has 4 aromatic rings. The predicted octanol–water partition coefficient (Wildman–Crippen LogP) is 4.06. The first-order chi connectivity index (χ1) is 13.9. The molecular formula is C19H13ClF2N4O2S. The van der Waals surface area contributed by atoms with E-state index in [1.807, 2.05) is 0 Å². The van der Waals surface area contributed by atoms with Crippen molar-refractivity contribution in [3.63, 3.8) is 0 Å². The summed E-state index contributed by atoms with van der Waals surface area (Å²) in [6.45, 7) is -0.125. The molecule has 6 nitrogen and oxygen atoms in total. The Morgan fingerprint density at radius 3 is 2.52 bits per heavy atom. The van der Waals surface area contributed by atoms with E-state index in [2.05, 4.69) is 10.2 Å². The van der Waals surface area contributed by atoms with Crippen LogP contribution in [0.3, 0.4) is 0 Å². The average molecular weight is 435 g/mol. The van der Waals surface area contributed by atoms with Crippen LogP contribution in [0.4, 0.5) is 14.5 Å². The van der Waals surface area contributed by atoms with Gasteiger partial charge in [-0.15, -0.1) is 10.2 Å². The Labute approximate surface area is 170 Å². The summed E-state index contributed by atoms with van der Waals surface area (Å²) < 4.78 is 56.8. The molecule has 10 heteroatoms. The lowest BCUT2D eigenvalue weighted by molar-refractivity contribution is 0.508. The number of hydrogen-bond donors (Lipinski definition) is 0. The minimum absolute atomic E-state index is 0.0274. The van der Waals surface area contributed by atoms with E-state index in [0.29, 0.717) is 10.6 Å². The van der Waals surface area contributed by atoms with Gasteiger partial charge in [0.25, 0.3) is 10.0 Å². The SMILES string of the molecule is O=S(=O)(c1cccn2cnnc12)N(Cc1ccc(Cl)cc1)c1ccc(F)c(F)c1. The van der Waals surface area contributed by atoms with Crippen LogP contribution in [0, 0.1) is 11.6 Å². The third-order valence-electron chi connectivity index (χ3n) is 4.29. The number of hydrogen-bond acceptors (Lipinski definition) is 4. The van der Waals surface area contributed by atoms with Crippen LogP contribution in [0.5, 0.6) is 0 Å². The van der Waals surface area contributed by atoms with Gasteiger partial charge in [0, 0.05) is 17.3 Å². The van der Waals surface area contributed by atoms with Crippen molar-refractivity contribution in [1.82, 2.24) is 14.6 Å². The molecule has 0 aliphatic rings. The number of aromatic nitrogens is 3. The van der Waals surface area contributed by atoms with Gasteiger partial charge in [-0.05, 0) is 42.0 Å². The highest BCUT2D eigenvalue weighted by molar-refractivity contribution is 7.93. The molecule has 0 unspecified atom stereocenters. The molecule has 2 aromatic heterocycles. The number of fused-ring (bicyclic) bond motifs is 1. The monoisotopic (exact) mass is 434 g/mol. The van der Waals surface area contributed by atoms with Gasteiger partial charge in [-0.2, -0.15) is 0 Å². The van der Waals surface area contributed by atoms with Crippen molar-refractivity contribution in [3.05, 3.63) is 89.3 Å². The quantitative estimate of drug-likeness (QED) is 0.475. The lowest BCUT2D eigenvalue weighted by atomic mass is 10.2. The van der Waals surface area contributed by atoms with E-state index in [9.17, 15) is 17.2 Å². The van der Waals surface area contributed by atoms with Gasteiger partial charge in [-0.3, -0.25) is 8.71 Å². The molecule has 0 amide bonds. The van der Waals surface area contributed by atoms with Crippen LogP contribution < -0.4 is 4.31 Å². The zero-order valence-corrected chi connectivity index (χ0v) is 16.3. The third kappa shape index (κ3) is 3.66. The largest absolute Gasteiger partial charge is 0.288 e. The Balaban J connectivity index is 1.87. The van der Waals surface area contributed by atoms with Crippen LogP contribution in [0.15, 0.2) is 72.0 Å². The topological polar surface area (TPSA) is 67.6 Å². The first kappa shape index (κ1) is 19.3. The number of nitrogens with zero attached hydrogens (tertiary/aromatic N) is 4. The van der Waals surface area contributed by atoms with Crippen molar-refractivity contribution in [2.24, 2.45) is 0 Å². The molecule has 0 N–H and O–H groups in total. The van der Waals surface area contributed by atoms with Crippen LogP contribution in [0.25, 0.3) is 5.65 Å². The molecule has 0 saturated carbocycles. The lowest BCUT2D eigenvalue weighted by Crippen LogP contribution is -2.31. The summed E-state index contributed by atoms with van der Waals surface area (Å²) in [6.07, 6.45) is 2.98. The van der Waals surface area contributed by atoms with Gasteiger partial charge in [0.15, 0.2) is 17.3 Å². The molecule has 0 radical (unpaired) electrons. The van der Waals surface area contributed by atoms with Crippen molar-refractivity contribution in [1.29, 1.82) is 0 Å². The maximum Gasteiger partial charge on any atom is 0.268 e. The van der Waals surface area contributed by atoms with E-state index in [0.717, 1.165) is 16.4 Å². The Morgan fingerprint density at radius 2 is 1.79 bits per heavy atom. The molecule has 4 rings (SSSR count). The fraction of sp³-hybridized carbons (Fsp3) is 0.0526. The summed E-state index contributed by atoms with van der Waals surface area (Å²) in [5.74, 6) is -2.23. The van der Waals surface area contributed by atoms with Crippen molar-refractivity contribution in [2.75, 3.05) is 4.31 Å². The molecular weight excluding hydrogens is 422 g/mol. The maximum atomic E-state index is 13.9. The second kappa shape index (κ2) is 7.41. The molecule has 0 bridgehead atoms. The lowest BCUT2D eigenvalue weighted by Gasteiger charge is -2.25. The summed E-state index contributed by atoms with van der Waals surface area (Å²) in [5.41, 5.74) is 0.702. The van der Waals surface area contributed by atoms with Gasteiger partial charge in [-0.1, -0.05) is 23.7 Å². The molecule has 2 heterocycles. The normalized spacial score (nSPS) is 11.7. The predicted molar refractivity (Wildman–Crippen MR) is 104 cm³/mol. The molecule has 0 spiro atoms. The fourth-order valence-corrected chi connectivity index (χ4v) is 4.56. The molecule has 0 atom stereocenters. The molecule has 0 saturated heterocycles. The Morgan fingerprint density at radius 1 is 1.03 bits per heavy atom. The molecule has 0 aliphatic heterocycles. The van der Waals surface area contributed by atoms with Crippen LogP contribution >= 0.6 is 11.6 Å². The highest BCUT2D eigenvalue weighted by atomic mass is 35.5. The van der Waals surface area contributed by atoms with Gasteiger partial charge in [0.05, 0.1) is 12.2 Å². The van der Waals surface area contributed by atoms with Crippen molar-refractivity contribution < 1.29 is 17.2 Å². The fourth-order valence-electron chi connectivity index (χ4n) is 2.86. The van der Waals surface area contributed by atoms with E-state index in [1.54, 1.807) is 30.5 Å². The first-order valence-electron chi connectivity index (χ1n) is 8.37. The third-order valence-corrected chi connectivity index (χ3v) is 6.33. The van der Waals surface area contributed by atoms with Gasteiger partial charge in [-0.25, -0.2) is 17.2 Å². The summed E-state index contributed by atoms with van der Waals surface area (Å²) in [7, 11) is -4.20. The van der Waals surface area contributed by atoms with E-state index >= 15 is 0 Å². The smallest absolute Gasteiger partial charge is 0.268 e. The number of halogens is 3. The van der Waals surface area contributed by atoms with E-state index < -0.39 is 21.7 Å². The molecule has 29 heavy (non-hydrogen) atoms. The van der Waals surface area contributed by atoms with E-state index in [-0.39, 0.29) is 22.8 Å². The van der Waals surface area contributed by atoms with Crippen molar-refractivity contribution >= 4 is 33.0 Å². The Bertz CT molecular complexity index is 1290. The highest BCUT2D eigenvalue weighted by Gasteiger charge is 2.29. The van der Waals surface area contributed by atoms with Crippen molar-refractivity contribution in [2.45, 2.75) is 11.4 Å². The minimum Gasteiger partial charge on any atom is -0.288 e. The second-order valence-corrected chi connectivity index (χ2v) is 8.44. The molecule has 148 valence electrons. The Kier molecular flexibility index (Phi) is 4.93. The number of benzene rings is 2. The molecule has 0 fully saturated rings. The van der Waals surface area contributed by atoms with Crippen LogP contribution in [0.2, 0.25) is 5.02 Å². The van der Waals surface area contributed by atoms with Gasteiger partial charge < -0.3 is 0 Å². The second-order valence-electron chi connectivity index (χ2n) is 6.17. The highest BCUT2D eigenvalue weighted by Crippen LogP contribution is 2.29. The van der Waals surface area contributed by atoms with E-state index in [1.165, 1.54) is 28.9 Å². The van der Waals surface area contributed by atoms with Crippen LogP contribution in [0.1, 0.15) is 5.56 Å². The summed E-state index contributed by atoms with van der Waals surface area (Å²) >= 11 is 5.90. The summed E-state index contributed by atoms with van der Waals surface area (Å²) in [4.78, 5) is -0.115. The number of pyridine rings is 1.